The molecule has 0 amide bonds. The molecule has 0 rings (SSSR count). The Hall–Kier alpha value is 0.584. The fourth-order valence-electron chi connectivity index (χ4n) is 0. The average Bonchev–Trinajstić information content (AvgIpc) is 0.722. The first kappa shape index (κ1) is 15.6. The number of halogens is 1. The molecule has 7 heteroatoms. The van der Waals surface area contributed by atoms with E-state index in [1.807, 2.05) is 0 Å². The van der Waals surface area contributed by atoms with Gasteiger partial charge in [0.05, 0.1) is 14.9 Å². The molecule has 0 saturated carbocycles. The first-order chi connectivity index (χ1) is 2.00. The van der Waals surface area contributed by atoms with Gasteiger partial charge in [-0.1, -0.05) is 0 Å². The second-order valence-corrected chi connectivity index (χ2v) is 1.19. The molecule has 7 heavy (non-hydrogen) atoms. The van der Waals surface area contributed by atoms with Crippen molar-refractivity contribution in [3.05, 3.63) is 0 Å². The molecule has 0 aromatic rings. The standard InChI is InChI=1S/ClHO4.Ni.H2O/c2-1(3,4)5;;/h(H,2,3,4,5);;1H2. The summed E-state index contributed by atoms with van der Waals surface area (Å²) in [5.74, 6) is 0. The maximum atomic E-state index is 8.60. The summed E-state index contributed by atoms with van der Waals surface area (Å²) in [7, 11) is -4.69. The van der Waals surface area contributed by atoms with Crippen LogP contribution in [0.4, 0.5) is 0 Å². The van der Waals surface area contributed by atoms with Crippen molar-refractivity contribution in [1.82, 2.24) is 0 Å². The van der Waals surface area contributed by atoms with E-state index in [2.05, 4.69) is 0 Å². The van der Waals surface area contributed by atoms with E-state index in [9.17, 15) is 0 Å². The monoisotopic (exact) mass is 176 g/mol. The van der Waals surface area contributed by atoms with Crippen LogP contribution in [0.5, 0.6) is 0 Å². The zero-order valence-corrected chi connectivity index (χ0v) is 4.61. The topological polar surface area (TPSA) is 121 Å². The van der Waals surface area contributed by atoms with Gasteiger partial charge in [-0.3, -0.25) is 0 Å². The molecule has 0 spiro atoms. The van der Waals surface area contributed by atoms with E-state index >= 15 is 0 Å². The molecule has 0 radical (unpaired) electrons. The Bertz CT molecular complexity index is 23.6. The summed E-state index contributed by atoms with van der Waals surface area (Å²) >= 11 is 0. The molecule has 5 nitrogen and oxygen atoms in total. The second kappa shape index (κ2) is 4.74. The summed E-state index contributed by atoms with van der Waals surface area (Å²) < 4.78 is 32.7. The molecular weight excluding hydrogens is 174 g/mol. The Labute approximate surface area is 51.5 Å². The van der Waals surface area contributed by atoms with E-state index in [4.69, 9.17) is 18.6 Å². The van der Waals surface area contributed by atoms with Crippen molar-refractivity contribution in [2.75, 3.05) is 0 Å². The zero-order valence-electron chi connectivity index (χ0n) is 2.87. The molecule has 0 fully saturated rings. The third kappa shape index (κ3) is 406. The maximum absolute atomic E-state index is 8.60. The minimum atomic E-state index is -4.69. The van der Waals surface area contributed by atoms with Crippen molar-refractivity contribution in [3.63, 3.8) is 0 Å². The van der Waals surface area contributed by atoms with Crippen molar-refractivity contribution in [1.29, 1.82) is 0 Å². The third-order valence-corrected chi connectivity index (χ3v) is 0. The fraction of sp³-hybridized carbons (Fsp3) is 0. The number of rotatable bonds is 0. The maximum Gasteiger partial charge on any atom is 0.0777 e. The molecule has 3 N–H and O–H groups in total. The molecule has 0 unspecified atom stereocenters. The smallest absolute Gasteiger partial charge is 0.0777 e. The van der Waals surface area contributed by atoms with Gasteiger partial charge in [-0.2, -0.15) is 14.0 Å². The summed E-state index contributed by atoms with van der Waals surface area (Å²) in [6.45, 7) is 0. The van der Waals surface area contributed by atoms with Gasteiger partial charge in [0.25, 0.3) is 0 Å². The summed E-state index contributed by atoms with van der Waals surface area (Å²) in [6.07, 6.45) is 0. The Morgan fingerprint density at radius 1 is 1.14 bits per heavy atom. The van der Waals surface area contributed by atoms with E-state index in [-0.39, 0.29) is 22.0 Å². The average molecular weight is 177 g/mol. The predicted molar refractivity (Wildman–Crippen MR) is 5.83 cm³/mol. The van der Waals surface area contributed by atoms with Gasteiger partial charge < -0.3 is 5.48 Å². The van der Waals surface area contributed by atoms with Crippen LogP contribution in [0.1, 0.15) is 0 Å². The van der Waals surface area contributed by atoms with Crippen LogP contribution in [0.15, 0.2) is 0 Å². The Kier molecular flexibility index (Phi) is 10.6. The largest absolute Gasteiger partial charge is 0.412 e. The predicted octanol–water partition coefficient (Wildman–Crippen LogP) is -4.95. The summed E-state index contributed by atoms with van der Waals surface area (Å²) in [5.41, 5.74) is 0. The quantitative estimate of drug-likeness (QED) is 0.372. The first-order valence-electron chi connectivity index (χ1n) is 0.632. The Morgan fingerprint density at radius 3 is 1.14 bits per heavy atom. The second-order valence-electron chi connectivity index (χ2n) is 0.396. The molecule has 0 atom stereocenters. The van der Waals surface area contributed by atoms with Gasteiger partial charge in [-0.25, -0.2) is 0 Å². The number of hydrogen-bond donors (Lipinski definition) is 1. The van der Waals surface area contributed by atoms with Gasteiger partial charge in [0.15, 0.2) is 0 Å². The minimum Gasteiger partial charge on any atom is -0.412 e. The van der Waals surface area contributed by atoms with E-state index < -0.39 is 10.2 Å². The van der Waals surface area contributed by atoms with Crippen LogP contribution >= 0.6 is 0 Å². The molecule has 0 aliphatic carbocycles. The van der Waals surface area contributed by atoms with Gasteiger partial charge in [-0.05, 0) is 0 Å². The van der Waals surface area contributed by atoms with Crippen LogP contribution in [-0.2, 0) is 16.5 Å². The molecule has 0 saturated heterocycles. The van der Waals surface area contributed by atoms with E-state index in [1.54, 1.807) is 0 Å². The van der Waals surface area contributed by atoms with Gasteiger partial charge in [0.2, 0.25) is 0 Å². The Balaban J connectivity index is -0.0000000800. The molecule has 0 aliphatic heterocycles. The molecule has 50 valence electrons. The van der Waals surface area contributed by atoms with Crippen molar-refractivity contribution in [2.45, 2.75) is 0 Å². The van der Waals surface area contributed by atoms with Crippen LogP contribution in [0.2, 0.25) is 0 Å². The zero-order chi connectivity index (χ0) is 4.50. The van der Waals surface area contributed by atoms with Crippen molar-refractivity contribution < 1.29 is 50.8 Å². The van der Waals surface area contributed by atoms with Crippen LogP contribution in [0, 0.1) is 10.2 Å². The summed E-state index contributed by atoms with van der Waals surface area (Å²) in [4.78, 5) is 0. The van der Waals surface area contributed by atoms with Crippen molar-refractivity contribution >= 4 is 0 Å². The van der Waals surface area contributed by atoms with E-state index in [0.29, 0.717) is 0 Å². The van der Waals surface area contributed by atoms with Crippen molar-refractivity contribution in [2.24, 2.45) is 0 Å². The first-order valence-corrected chi connectivity index (χ1v) is 1.90. The summed E-state index contributed by atoms with van der Waals surface area (Å²) in [6, 6.07) is 0. The molecule has 0 aliphatic rings. The molecule has 0 aromatic carbocycles. The SMILES string of the molecule is O.[Ni].[O-][Cl+3]([O-])([O-])O. The van der Waals surface area contributed by atoms with Crippen molar-refractivity contribution in [3.8, 4) is 0 Å². The fourth-order valence-corrected chi connectivity index (χ4v) is 0. The van der Waals surface area contributed by atoms with E-state index in [1.165, 1.54) is 0 Å². The van der Waals surface area contributed by atoms with E-state index in [0.717, 1.165) is 0 Å². The van der Waals surface area contributed by atoms with Crippen LogP contribution in [-0.4, -0.2) is 10.1 Å². The van der Waals surface area contributed by atoms with Crippen LogP contribution < -0.4 is 14.0 Å². The van der Waals surface area contributed by atoms with Gasteiger partial charge in [0.1, 0.15) is 0 Å². The number of hydrogen-bond acceptors (Lipinski definition) is 4. The van der Waals surface area contributed by atoms with Crippen LogP contribution in [0.25, 0.3) is 0 Å². The van der Waals surface area contributed by atoms with Gasteiger partial charge in [0, 0.05) is 16.5 Å². The molecule has 0 bridgehead atoms. The van der Waals surface area contributed by atoms with Gasteiger partial charge >= 0.3 is 0 Å². The van der Waals surface area contributed by atoms with Gasteiger partial charge in [-0.15, -0.1) is 0 Å². The molecule has 0 heterocycles. The molecular formula is H3ClNiO5. The van der Waals surface area contributed by atoms with Crippen LogP contribution in [0.3, 0.4) is 0 Å². The Morgan fingerprint density at radius 2 is 1.14 bits per heavy atom. The normalized spacial score (nSPS) is 8.57. The molecule has 0 aromatic heterocycles. The third-order valence-electron chi connectivity index (χ3n) is 0. The summed E-state index contributed by atoms with van der Waals surface area (Å²) in [5, 5.41) is 0. The minimum absolute atomic E-state index is 0.